The van der Waals surface area contributed by atoms with Crippen molar-refractivity contribution in [2.24, 2.45) is 5.41 Å². The second-order valence-corrected chi connectivity index (χ2v) is 8.22. The third kappa shape index (κ3) is 3.42. The lowest BCUT2D eigenvalue weighted by Crippen LogP contribution is -2.62. The van der Waals surface area contributed by atoms with E-state index >= 15 is 0 Å². The summed E-state index contributed by atoms with van der Waals surface area (Å²) in [7, 11) is -3.61. The Morgan fingerprint density at radius 3 is 2.50 bits per heavy atom. The highest BCUT2D eigenvalue weighted by molar-refractivity contribution is 7.89. The zero-order valence-corrected chi connectivity index (χ0v) is 14.6. The van der Waals surface area contributed by atoms with Crippen LogP contribution in [0.25, 0.3) is 0 Å². The molecule has 3 rings (SSSR count). The molecule has 0 bridgehead atoms. The summed E-state index contributed by atoms with van der Waals surface area (Å²) < 4.78 is 45.5. The van der Waals surface area contributed by atoms with E-state index in [9.17, 15) is 17.9 Å². The molecule has 1 saturated heterocycles. The summed E-state index contributed by atoms with van der Waals surface area (Å²) in [4.78, 5) is 0.196. The Bertz CT molecular complexity index is 935. The minimum Gasteiger partial charge on any atom is -0.493 e. The molecule has 136 valence electrons. The van der Waals surface area contributed by atoms with E-state index in [1.807, 2.05) is 0 Å². The minimum atomic E-state index is -3.61. The van der Waals surface area contributed by atoms with Gasteiger partial charge in [-0.3, -0.25) is 0 Å². The molecule has 26 heavy (non-hydrogen) atoms. The maximum Gasteiger partial charge on any atom is 0.243 e. The molecule has 1 aliphatic heterocycles. The molecule has 0 radical (unpaired) electrons. The first kappa shape index (κ1) is 18.3. The summed E-state index contributed by atoms with van der Waals surface area (Å²) in [6.45, 7) is 0.00119. The lowest BCUT2D eigenvalue weighted by atomic mass is 9.83. The minimum absolute atomic E-state index is 0.0374. The Kier molecular flexibility index (Phi) is 4.96. The fraction of sp³-hybridized carbons (Fsp3) is 0.278. The molecule has 1 fully saturated rings. The number of rotatable bonds is 6. The Morgan fingerprint density at radius 1 is 1.23 bits per heavy atom. The number of aliphatic hydroxyl groups excluding tert-OH is 1. The summed E-state index contributed by atoms with van der Waals surface area (Å²) in [6.07, 6.45) is 0. The van der Waals surface area contributed by atoms with E-state index in [0.29, 0.717) is 0 Å². The molecule has 0 unspecified atom stereocenters. The van der Waals surface area contributed by atoms with Gasteiger partial charge in [-0.15, -0.1) is 0 Å². The predicted octanol–water partition coefficient (Wildman–Crippen LogP) is 1.76. The molecule has 1 heterocycles. The number of hydrogen-bond donors (Lipinski definition) is 1. The fourth-order valence-corrected chi connectivity index (χ4v) is 4.45. The van der Waals surface area contributed by atoms with Gasteiger partial charge in [-0.05, 0) is 24.3 Å². The highest BCUT2D eigenvalue weighted by atomic mass is 32.2. The molecule has 2 aromatic rings. The SMILES string of the molecule is N#Cc1ccc(OCC2(CO)CN(S(=O)(=O)c3ccccc3)C2)cc1F. The smallest absolute Gasteiger partial charge is 0.243 e. The predicted molar refractivity (Wildman–Crippen MR) is 91.3 cm³/mol. The molecule has 8 heteroatoms. The van der Waals surface area contributed by atoms with Crippen LogP contribution in [-0.2, 0) is 10.0 Å². The van der Waals surface area contributed by atoms with Crippen LogP contribution in [0.15, 0.2) is 53.4 Å². The highest BCUT2D eigenvalue weighted by Gasteiger charge is 2.48. The highest BCUT2D eigenvalue weighted by Crippen LogP contribution is 2.35. The van der Waals surface area contributed by atoms with E-state index in [0.717, 1.165) is 6.07 Å². The number of hydrogen-bond acceptors (Lipinski definition) is 5. The summed E-state index contributed by atoms with van der Waals surface area (Å²) in [5, 5.41) is 18.4. The van der Waals surface area contributed by atoms with E-state index in [1.54, 1.807) is 24.3 Å². The lowest BCUT2D eigenvalue weighted by molar-refractivity contribution is -0.0273. The van der Waals surface area contributed by atoms with Crippen molar-refractivity contribution in [3.8, 4) is 11.8 Å². The van der Waals surface area contributed by atoms with Gasteiger partial charge in [0.25, 0.3) is 0 Å². The average molecular weight is 376 g/mol. The summed E-state index contributed by atoms with van der Waals surface area (Å²) >= 11 is 0. The van der Waals surface area contributed by atoms with Crippen molar-refractivity contribution in [1.82, 2.24) is 4.31 Å². The first-order valence-corrected chi connectivity index (χ1v) is 9.33. The molecular weight excluding hydrogens is 359 g/mol. The standard InChI is InChI=1S/C18H17FN2O4S/c19-17-8-15(7-6-14(17)9-20)25-13-18(12-22)10-21(11-18)26(23,24)16-4-2-1-3-5-16/h1-8,22H,10-13H2. The van der Waals surface area contributed by atoms with E-state index in [-0.39, 0.29) is 42.5 Å². The van der Waals surface area contributed by atoms with Crippen molar-refractivity contribution in [1.29, 1.82) is 5.26 Å². The molecule has 0 amide bonds. The largest absolute Gasteiger partial charge is 0.493 e. The van der Waals surface area contributed by atoms with Gasteiger partial charge < -0.3 is 9.84 Å². The topological polar surface area (TPSA) is 90.6 Å². The van der Waals surface area contributed by atoms with Gasteiger partial charge in [-0.2, -0.15) is 9.57 Å². The molecule has 2 aromatic carbocycles. The lowest BCUT2D eigenvalue weighted by Gasteiger charge is -2.47. The third-order valence-corrected chi connectivity index (χ3v) is 6.15. The second-order valence-electron chi connectivity index (χ2n) is 6.29. The second kappa shape index (κ2) is 7.03. The molecule has 0 spiro atoms. The zero-order chi connectivity index (χ0) is 18.8. The third-order valence-electron chi connectivity index (χ3n) is 4.35. The van der Waals surface area contributed by atoms with Crippen molar-refractivity contribution in [3.05, 3.63) is 59.9 Å². The van der Waals surface area contributed by atoms with E-state index in [2.05, 4.69) is 0 Å². The van der Waals surface area contributed by atoms with Crippen LogP contribution < -0.4 is 4.74 Å². The van der Waals surface area contributed by atoms with Crippen molar-refractivity contribution < 1.29 is 22.7 Å². The molecule has 0 atom stereocenters. The summed E-state index contributed by atoms with van der Waals surface area (Å²) in [6, 6.07) is 13.7. The van der Waals surface area contributed by atoms with Crippen LogP contribution in [0.2, 0.25) is 0 Å². The van der Waals surface area contributed by atoms with Crippen LogP contribution >= 0.6 is 0 Å². The van der Waals surface area contributed by atoms with Gasteiger partial charge in [0.1, 0.15) is 17.6 Å². The van der Waals surface area contributed by atoms with Crippen LogP contribution in [0.5, 0.6) is 5.75 Å². The fourth-order valence-electron chi connectivity index (χ4n) is 2.76. The van der Waals surface area contributed by atoms with Crippen LogP contribution in [0, 0.1) is 22.6 Å². The quantitative estimate of drug-likeness (QED) is 0.830. The Hall–Kier alpha value is -2.47. The zero-order valence-electron chi connectivity index (χ0n) is 13.8. The van der Waals surface area contributed by atoms with Crippen LogP contribution in [0.4, 0.5) is 4.39 Å². The van der Waals surface area contributed by atoms with Gasteiger partial charge >= 0.3 is 0 Å². The van der Waals surface area contributed by atoms with Crippen LogP contribution in [0.3, 0.4) is 0 Å². The van der Waals surface area contributed by atoms with Gasteiger partial charge in [0, 0.05) is 19.2 Å². The number of nitrogens with zero attached hydrogens (tertiary/aromatic N) is 2. The van der Waals surface area contributed by atoms with Crippen molar-refractivity contribution in [3.63, 3.8) is 0 Å². The normalized spacial score (nSPS) is 16.5. The molecule has 0 aromatic heterocycles. The van der Waals surface area contributed by atoms with Crippen LogP contribution in [0.1, 0.15) is 5.56 Å². The molecule has 0 aliphatic carbocycles. The van der Waals surface area contributed by atoms with E-state index in [4.69, 9.17) is 10.00 Å². The maximum absolute atomic E-state index is 13.6. The number of nitriles is 1. The van der Waals surface area contributed by atoms with Crippen LogP contribution in [-0.4, -0.2) is 44.1 Å². The number of sulfonamides is 1. The first-order chi connectivity index (χ1) is 12.4. The molecule has 1 aliphatic rings. The number of halogens is 1. The van der Waals surface area contributed by atoms with Crippen molar-refractivity contribution in [2.45, 2.75) is 4.90 Å². The Morgan fingerprint density at radius 2 is 1.92 bits per heavy atom. The van der Waals surface area contributed by atoms with E-state index in [1.165, 1.54) is 28.6 Å². The molecule has 0 saturated carbocycles. The molecule has 1 N–H and O–H groups in total. The van der Waals surface area contributed by atoms with Gasteiger partial charge in [-0.25, -0.2) is 12.8 Å². The average Bonchev–Trinajstić information content (AvgIpc) is 2.62. The van der Waals surface area contributed by atoms with Gasteiger partial charge in [0.05, 0.1) is 29.1 Å². The van der Waals surface area contributed by atoms with Crippen molar-refractivity contribution in [2.75, 3.05) is 26.3 Å². The van der Waals surface area contributed by atoms with E-state index < -0.39 is 21.3 Å². The summed E-state index contributed by atoms with van der Waals surface area (Å²) in [5.74, 6) is -0.469. The maximum atomic E-state index is 13.6. The van der Waals surface area contributed by atoms with Gasteiger partial charge in [0.15, 0.2) is 0 Å². The monoisotopic (exact) mass is 376 g/mol. The van der Waals surface area contributed by atoms with Gasteiger partial charge in [-0.1, -0.05) is 18.2 Å². The Balaban J connectivity index is 1.66. The number of ether oxygens (including phenoxy) is 1. The van der Waals surface area contributed by atoms with Gasteiger partial charge in [0.2, 0.25) is 10.0 Å². The number of aliphatic hydroxyl groups is 1. The number of benzene rings is 2. The summed E-state index contributed by atoms with van der Waals surface area (Å²) in [5.41, 5.74) is -0.829. The Labute approximate surface area is 151 Å². The van der Waals surface area contributed by atoms with Crippen molar-refractivity contribution >= 4 is 10.0 Å². The molecular formula is C18H17FN2O4S. The first-order valence-electron chi connectivity index (χ1n) is 7.89. The molecule has 6 nitrogen and oxygen atoms in total.